The largest absolute Gasteiger partial charge is 0.302 e. The second-order valence-electron chi connectivity index (χ2n) is 5.82. The number of rotatable bonds is 8. The van der Waals surface area contributed by atoms with E-state index in [0.717, 1.165) is 24.5 Å². The molecule has 0 saturated carbocycles. The third-order valence-electron chi connectivity index (χ3n) is 2.75. The second kappa shape index (κ2) is 8.37. The van der Waals surface area contributed by atoms with E-state index in [1.165, 1.54) is 2.88 Å². The summed E-state index contributed by atoms with van der Waals surface area (Å²) in [5.74, 6) is 1.58. The summed E-state index contributed by atoms with van der Waals surface area (Å²) >= 11 is 3.86. The van der Waals surface area contributed by atoms with Gasteiger partial charge in [0.05, 0.1) is 7.76 Å². The van der Waals surface area contributed by atoms with E-state index in [4.69, 9.17) is 0 Å². The Labute approximate surface area is 134 Å². The van der Waals surface area contributed by atoms with Crippen LogP contribution >= 0.6 is 33.9 Å². The molecule has 0 aliphatic carbocycles. The van der Waals surface area contributed by atoms with Crippen LogP contribution in [0.3, 0.4) is 0 Å². The van der Waals surface area contributed by atoms with Crippen molar-refractivity contribution in [2.45, 2.75) is 34.1 Å². The topological polar surface area (TPSA) is 20.3 Å². The quantitative estimate of drug-likeness (QED) is 0.478. The van der Waals surface area contributed by atoms with E-state index in [2.05, 4.69) is 55.2 Å². The monoisotopic (exact) mass is 393 g/mol. The predicted molar refractivity (Wildman–Crippen MR) is 92.1 cm³/mol. The summed E-state index contributed by atoms with van der Waals surface area (Å²) in [5.41, 5.74) is 0. The maximum Gasteiger partial charge on any atom is 0.174 e. The molecule has 0 fully saturated rings. The minimum absolute atomic E-state index is 0.283. The van der Waals surface area contributed by atoms with E-state index in [0.29, 0.717) is 18.3 Å². The third-order valence-corrected chi connectivity index (χ3v) is 4.68. The lowest BCUT2D eigenvalue weighted by atomic mass is 10.1. The molecule has 1 aromatic rings. The molecule has 108 valence electrons. The van der Waals surface area contributed by atoms with E-state index < -0.39 is 0 Å². The molecule has 0 aliphatic heterocycles. The molecule has 0 aromatic carbocycles. The van der Waals surface area contributed by atoms with Gasteiger partial charge in [-0.05, 0) is 46.6 Å². The molecule has 0 atom stereocenters. The number of hydrogen-bond donors (Lipinski definition) is 0. The van der Waals surface area contributed by atoms with Crippen molar-refractivity contribution in [3.63, 3.8) is 0 Å². The van der Waals surface area contributed by atoms with Crippen LogP contribution < -0.4 is 0 Å². The van der Waals surface area contributed by atoms with E-state index in [9.17, 15) is 4.79 Å². The third kappa shape index (κ3) is 6.86. The molecule has 2 nitrogen and oxygen atoms in total. The molecule has 0 aliphatic rings. The first kappa shape index (κ1) is 17.1. The van der Waals surface area contributed by atoms with Crippen LogP contribution in [0.4, 0.5) is 0 Å². The predicted octanol–water partition coefficient (Wildman–Crippen LogP) is 4.54. The van der Waals surface area contributed by atoms with E-state index in [1.54, 1.807) is 11.3 Å². The van der Waals surface area contributed by atoms with E-state index >= 15 is 0 Å². The number of ketones is 1. The molecular weight excluding hydrogens is 369 g/mol. The molecule has 1 heterocycles. The van der Waals surface area contributed by atoms with Gasteiger partial charge >= 0.3 is 0 Å². The van der Waals surface area contributed by atoms with E-state index in [1.807, 2.05) is 12.1 Å². The summed E-state index contributed by atoms with van der Waals surface area (Å²) in [4.78, 5) is 15.4. The fourth-order valence-corrected chi connectivity index (χ4v) is 3.73. The van der Waals surface area contributed by atoms with Crippen molar-refractivity contribution < 1.29 is 4.79 Å². The maximum absolute atomic E-state index is 12.1. The molecule has 0 radical (unpaired) electrons. The highest BCUT2D eigenvalue weighted by Gasteiger charge is 2.13. The Morgan fingerprint density at radius 2 is 1.79 bits per heavy atom. The van der Waals surface area contributed by atoms with Crippen molar-refractivity contribution in [3.8, 4) is 0 Å². The SMILES string of the molecule is CC(C)CN(CCC(=O)c1ccc(I)s1)CC(C)C. The lowest BCUT2D eigenvalue weighted by Gasteiger charge is -2.25. The maximum atomic E-state index is 12.1. The van der Waals surface area contributed by atoms with Crippen LogP contribution in [-0.4, -0.2) is 30.3 Å². The van der Waals surface area contributed by atoms with Crippen molar-refractivity contribution >= 4 is 39.7 Å². The average molecular weight is 393 g/mol. The lowest BCUT2D eigenvalue weighted by molar-refractivity contribution is 0.0960. The minimum atomic E-state index is 0.283. The molecule has 0 N–H and O–H groups in total. The Morgan fingerprint density at radius 3 is 2.21 bits per heavy atom. The normalized spacial score (nSPS) is 11.8. The van der Waals surface area contributed by atoms with Gasteiger partial charge in [0.1, 0.15) is 0 Å². The number of halogens is 1. The van der Waals surface area contributed by atoms with Crippen LogP contribution in [0.5, 0.6) is 0 Å². The Hall–Kier alpha value is 0.0600. The fourth-order valence-electron chi connectivity index (χ4n) is 2.14. The van der Waals surface area contributed by atoms with Crippen LogP contribution in [0.2, 0.25) is 0 Å². The number of carbonyl (C=O) groups is 1. The van der Waals surface area contributed by atoms with Gasteiger partial charge in [-0.15, -0.1) is 11.3 Å². The van der Waals surface area contributed by atoms with Gasteiger partial charge in [-0.3, -0.25) is 4.79 Å². The van der Waals surface area contributed by atoms with Crippen molar-refractivity contribution in [2.75, 3.05) is 19.6 Å². The molecule has 0 spiro atoms. The smallest absolute Gasteiger partial charge is 0.174 e. The second-order valence-corrected chi connectivity index (χ2v) is 8.80. The van der Waals surface area contributed by atoms with Gasteiger partial charge in [-0.1, -0.05) is 27.7 Å². The number of carbonyl (C=O) groups excluding carboxylic acids is 1. The summed E-state index contributed by atoms with van der Waals surface area (Å²) in [6.45, 7) is 12.0. The highest BCUT2D eigenvalue weighted by molar-refractivity contribution is 14.1. The van der Waals surface area contributed by atoms with Gasteiger partial charge < -0.3 is 4.90 Å². The Kier molecular flexibility index (Phi) is 7.54. The number of nitrogens with zero attached hydrogens (tertiary/aromatic N) is 1. The van der Waals surface area contributed by atoms with Crippen molar-refractivity contribution in [2.24, 2.45) is 11.8 Å². The summed E-state index contributed by atoms with van der Waals surface area (Å²) in [6.07, 6.45) is 0.635. The molecule has 0 amide bonds. The van der Waals surface area contributed by atoms with Gasteiger partial charge in [-0.2, -0.15) is 0 Å². The fraction of sp³-hybridized carbons (Fsp3) is 0.667. The molecule has 0 bridgehead atoms. The first-order valence-corrected chi connectivity index (χ1v) is 8.79. The summed E-state index contributed by atoms with van der Waals surface area (Å²) in [5, 5.41) is 0. The standard InChI is InChI=1S/C15H24INOS/c1-11(2)9-17(10-12(3)4)8-7-13(18)14-5-6-15(16)19-14/h5-6,11-12H,7-10H2,1-4H3. The van der Waals surface area contributed by atoms with Crippen LogP contribution in [0.1, 0.15) is 43.8 Å². The minimum Gasteiger partial charge on any atom is -0.302 e. The highest BCUT2D eigenvalue weighted by atomic mass is 127. The van der Waals surface area contributed by atoms with Crippen molar-refractivity contribution in [1.82, 2.24) is 4.90 Å². The van der Waals surface area contributed by atoms with Gasteiger partial charge in [0.15, 0.2) is 5.78 Å². The zero-order valence-electron chi connectivity index (χ0n) is 12.3. The molecule has 0 unspecified atom stereocenters. The Bertz CT molecular complexity index is 391. The van der Waals surface area contributed by atoms with E-state index in [-0.39, 0.29) is 5.78 Å². The van der Waals surface area contributed by atoms with Crippen LogP contribution in [-0.2, 0) is 0 Å². The summed E-state index contributed by atoms with van der Waals surface area (Å²) in [7, 11) is 0. The number of thiophene rings is 1. The van der Waals surface area contributed by atoms with Crippen LogP contribution in [0, 0.1) is 14.7 Å². The zero-order valence-corrected chi connectivity index (χ0v) is 15.3. The Morgan fingerprint density at radius 1 is 1.21 bits per heavy atom. The number of Topliss-reactive ketones (excluding diaryl/α,β-unsaturated/α-hetero) is 1. The van der Waals surface area contributed by atoms with Gasteiger partial charge in [0.25, 0.3) is 0 Å². The molecular formula is C15H24INOS. The van der Waals surface area contributed by atoms with Gasteiger partial charge in [0.2, 0.25) is 0 Å². The van der Waals surface area contributed by atoms with Crippen LogP contribution in [0.15, 0.2) is 12.1 Å². The van der Waals surface area contributed by atoms with Gasteiger partial charge in [-0.25, -0.2) is 0 Å². The highest BCUT2D eigenvalue weighted by Crippen LogP contribution is 2.19. The Balaban J connectivity index is 2.48. The summed E-state index contributed by atoms with van der Waals surface area (Å²) < 4.78 is 1.18. The van der Waals surface area contributed by atoms with Crippen molar-refractivity contribution in [1.29, 1.82) is 0 Å². The van der Waals surface area contributed by atoms with Crippen LogP contribution in [0.25, 0.3) is 0 Å². The first-order chi connectivity index (χ1) is 8.88. The number of hydrogen-bond acceptors (Lipinski definition) is 3. The molecule has 0 saturated heterocycles. The summed E-state index contributed by atoms with van der Waals surface area (Å²) in [6, 6.07) is 3.96. The van der Waals surface area contributed by atoms with Crippen molar-refractivity contribution in [3.05, 3.63) is 19.9 Å². The zero-order chi connectivity index (χ0) is 14.4. The molecule has 4 heteroatoms. The average Bonchev–Trinajstić information content (AvgIpc) is 2.71. The molecule has 19 heavy (non-hydrogen) atoms. The van der Waals surface area contributed by atoms with Gasteiger partial charge in [0, 0.05) is 26.1 Å². The first-order valence-electron chi connectivity index (χ1n) is 6.89. The lowest BCUT2D eigenvalue weighted by Crippen LogP contribution is -2.33. The molecule has 1 rings (SSSR count). The molecule has 1 aromatic heterocycles.